The van der Waals surface area contributed by atoms with E-state index in [-0.39, 0.29) is 24.4 Å². The van der Waals surface area contributed by atoms with E-state index in [2.05, 4.69) is 20.8 Å². The number of carbonyl (C=O) groups excluding carboxylic acids is 1. The molecule has 1 aromatic heterocycles. The number of hydrogen-bond donors (Lipinski definition) is 2. The second-order valence-corrected chi connectivity index (χ2v) is 4.58. The van der Waals surface area contributed by atoms with E-state index < -0.39 is 0 Å². The highest BCUT2D eigenvalue weighted by molar-refractivity contribution is 5.76. The number of carbonyl (C=O) groups is 1. The number of para-hydroxylation sites is 1. The molecule has 0 saturated heterocycles. The Balaban J connectivity index is 1.59. The van der Waals surface area contributed by atoms with Crippen molar-refractivity contribution in [3.8, 4) is 5.75 Å². The van der Waals surface area contributed by atoms with Crippen LogP contribution in [0.15, 0.2) is 24.3 Å². The molecule has 1 unspecified atom stereocenters. The van der Waals surface area contributed by atoms with Crippen molar-refractivity contribution in [2.75, 3.05) is 12.3 Å². The van der Waals surface area contributed by atoms with Gasteiger partial charge in [-0.1, -0.05) is 23.3 Å². The molecule has 2 aromatic rings. The maximum Gasteiger partial charge on any atom is 0.242 e. The molecule has 20 heavy (non-hydrogen) atoms. The first kappa shape index (κ1) is 12.4. The Morgan fingerprint density at radius 3 is 3.15 bits per heavy atom. The number of hydrogen-bond acceptors (Lipinski definition) is 6. The number of benzene rings is 1. The molecule has 3 rings (SSSR count). The summed E-state index contributed by atoms with van der Waals surface area (Å²) < 4.78 is 6.85. The van der Waals surface area contributed by atoms with Crippen LogP contribution in [0.4, 0.5) is 5.95 Å². The van der Waals surface area contributed by atoms with Crippen LogP contribution in [0.2, 0.25) is 0 Å². The summed E-state index contributed by atoms with van der Waals surface area (Å²) in [6, 6.07) is 7.74. The van der Waals surface area contributed by atoms with E-state index in [4.69, 9.17) is 10.5 Å². The van der Waals surface area contributed by atoms with E-state index in [1.165, 1.54) is 4.68 Å². The molecule has 0 saturated carbocycles. The second kappa shape index (κ2) is 5.16. The average Bonchev–Trinajstić information content (AvgIpc) is 2.84. The minimum atomic E-state index is -0.197. The van der Waals surface area contributed by atoms with Crippen LogP contribution in [0.5, 0.6) is 5.75 Å². The van der Waals surface area contributed by atoms with E-state index in [1.807, 2.05) is 24.3 Å². The van der Waals surface area contributed by atoms with Gasteiger partial charge in [0.2, 0.25) is 11.9 Å². The fraction of sp³-hybridized carbons (Fsp3) is 0.333. The highest BCUT2D eigenvalue weighted by Gasteiger charge is 2.21. The molecule has 8 heteroatoms. The van der Waals surface area contributed by atoms with Gasteiger partial charge >= 0.3 is 0 Å². The van der Waals surface area contributed by atoms with Crippen LogP contribution >= 0.6 is 0 Å². The number of aromatic nitrogens is 4. The van der Waals surface area contributed by atoms with E-state index in [0.717, 1.165) is 17.7 Å². The maximum atomic E-state index is 11.9. The minimum Gasteiger partial charge on any atom is -0.491 e. The minimum absolute atomic E-state index is 0.00300. The predicted molar refractivity (Wildman–Crippen MR) is 69.8 cm³/mol. The Bertz CT molecular complexity index is 626. The van der Waals surface area contributed by atoms with Crippen LogP contribution in [0, 0.1) is 0 Å². The van der Waals surface area contributed by atoms with Crippen molar-refractivity contribution in [1.82, 2.24) is 25.5 Å². The lowest BCUT2D eigenvalue weighted by molar-refractivity contribution is -0.122. The number of amides is 1. The van der Waals surface area contributed by atoms with Gasteiger partial charge in [-0.2, -0.15) is 0 Å². The summed E-state index contributed by atoms with van der Waals surface area (Å²) in [6.07, 6.45) is 0.743. The summed E-state index contributed by atoms with van der Waals surface area (Å²) in [5.74, 6) is 0.796. The van der Waals surface area contributed by atoms with E-state index >= 15 is 0 Å². The van der Waals surface area contributed by atoms with Gasteiger partial charge in [-0.25, -0.2) is 4.68 Å². The van der Waals surface area contributed by atoms with Crippen LogP contribution in [0.3, 0.4) is 0 Å². The summed E-state index contributed by atoms with van der Waals surface area (Å²) in [4.78, 5) is 11.9. The topological polar surface area (TPSA) is 108 Å². The lowest BCUT2D eigenvalue weighted by Gasteiger charge is -2.25. The van der Waals surface area contributed by atoms with Gasteiger partial charge in [0.05, 0.1) is 6.04 Å². The van der Waals surface area contributed by atoms with Crippen molar-refractivity contribution in [1.29, 1.82) is 0 Å². The predicted octanol–water partition coefficient (Wildman–Crippen LogP) is -0.625. The quantitative estimate of drug-likeness (QED) is 0.772. The van der Waals surface area contributed by atoms with Gasteiger partial charge < -0.3 is 15.8 Å². The zero-order chi connectivity index (χ0) is 13.9. The molecule has 1 atom stereocenters. The lowest BCUT2D eigenvalue weighted by atomic mass is 10.0. The zero-order valence-corrected chi connectivity index (χ0v) is 10.7. The van der Waals surface area contributed by atoms with Crippen molar-refractivity contribution in [2.45, 2.75) is 19.0 Å². The van der Waals surface area contributed by atoms with Crippen LogP contribution in [-0.4, -0.2) is 38.8 Å². The van der Waals surface area contributed by atoms with Crippen LogP contribution < -0.4 is 15.8 Å². The summed E-state index contributed by atoms with van der Waals surface area (Å²) in [6.45, 7) is 0.449. The van der Waals surface area contributed by atoms with Gasteiger partial charge in [-0.05, 0) is 28.5 Å². The van der Waals surface area contributed by atoms with Gasteiger partial charge in [0.15, 0.2) is 0 Å². The molecular formula is C12H14N6O2. The summed E-state index contributed by atoms with van der Waals surface area (Å²) >= 11 is 0. The Labute approximate surface area is 114 Å². The largest absolute Gasteiger partial charge is 0.491 e. The Kier molecular flexibility index (Phi) is 3.20. The van der Waals surface area contributed by atoms with E-state index in [9.17, 15) is 4.79 Å². The number of nitrogens with zero attached hydrogens (tertiary/aromatic N) is 4. The van der Waals surface area contributed by atoms with E-state index in [1.54, 1.807) is 0 Å². The molecule has 1 aliphatic rings. The van der Waals surface area contributed by atoms with Crippen molar-refractivity contribution in [3.05, 3.63) is 29.8 Å². The molecule has 1 aliphatic heterocycles. The smallest absolute Gasteiger partial charge is 0.242 e. The van der Waals surface area contributed by atoms with Crippen molar-refractivity contribution in [3.63, 3.8) is 0 Å². The number of ether oxygens (including phenoxy) is 1. The fourth-order valence-electron chi connectivity index (χ4n) is 2.15. The highest BCUT2D eigenvalue weighted by atomic mass is 16.5. The number of rotatable bonds is 3. The summed E-state index contributed by atoms with van der Waals surface area (Å²) in [5, 5.41) is 13.4. The number of nitrogens with one attached hydrogen (secondary N) is 1. The van der Waals surface area contributed by atoms with Crippen molar-refractivity contribution < 1.29 is 9.53 Å². The number of anilines is 1. The first-order valence-electron chi connectivity index (χ1n) is 6.24. The summed E-state index contributed by atoms with van der Waals surface area (Å²) in [5.41, 5.74) is 6.60. The molecule has 0 radical (unpaired) electrons. The monoisotopic (exact) mass is 274 g/mol. The molecule has 0 bridgehead atoms. The summed E-state index contributed by atoms with van der Waals surface area (Å²) in [7, 11) is 0. The molecule has 104 valence electrons. The van der Waals surface area contributed by atoms with Gasteiger partial charge in [0.1, 0.15) is 18.9 Å². The number of tetrazole rings is 1. The van der Waals surface area contributed by atoms with Gasteiger partial charge in [0.25, 0.3) is 0 Å². The van der Waals surface area contributed by atoms with Crippen LogP contribution in [0.25, 0.3) is 0 Å². The van der Waals surface area contributed by atoms with E-state index in [0.29, 0.717) is 6.61 Å². The molecule has 1 aromatic carbocycles. The molecule has 3 N–H and O–H groups in total. The van der Waals surface area contributed by atoms with Crippen molar-refractivity contribution >= 4 is 11.9 Å². The average molecular weight is 274 g/mol. The Morgan fingerprint density at radius 2 is 2.35 bits per heavy atom. The van der Waals surface area contributed by atoms with Gasteiger partial charge in [-0.3, -0.25) is 4.79 Å². The molecule has 8 nitrogen and oxygen atoms in total. The zero-order valence-electron chi connectivity index (χ0n) is 10.7. The molecule has 1 amide bonds. The number of fused-ring (bicyclic) bond motifs is 1. The second-order valence-electron chi connectivity index (χ2n) is 4.58. The first-order valence-corrected chi connectivity index (χ1v) is 6.24. The van der Waals surface area contributed by atoms with Crippen LogP contribution in [0.1, 0.15) is 5.56 Å². The first-order chi connectivity index (χ1) is 9.72. The third-order valence-corrected chi connectivity index (χ3v) is 3.10. The molecule has 0 fully saturated rings. The normalized spacial score (nSPS) is 17.1. The SMILES string of the molecule is Nc1nnnn1CC(=O)NC1COc2ccccc2C1. The number of nitrogens with two attached hydrogens (primary N) is 1. The number of nitrogen functional groups attached to an aromatic ring is 1. The lowest BCUT2D eigenvalue weighted by Crippen LogP contribution is -2.44. The van der Waals surface area contributed by atoms with Crippen LogP contribution in [-0.2, 0) is 17.8 Å². The third-order valence-electron chi connectivity index (χ3n) is 3.10. The molecule has 0 spiro atoms. The fourth-order valence-corrected chi connectivity index (χ4v) is 2.15. The van der Waals surface area contributed by atoms with Gasteiger partial charge in [-0.15, -0.1) is 0 Å². The molecule has 0 aliphatic carbocycles. The van der Waals surface area contributed by atoms with Gasteiger partial charge in [0, 0.05) is 0 Å². The third kappa shape index (κ3) is 2.53. The molecular weight excluding hydrogens is 260 g/mol. The highest BCUT2D eigenvalue weighted by Crippen LogP contribution is 2.23. The Morgan fingerprint density at radius 1 is 1.50 bits per heavy atom. The van der Waals surface area contributed by atoms with Crippen molar-refractivity contribution in [2.24, 2.45) is 0 Å². The molecule has 2 heterocycles. The maximum absolute atomic E-state index is 11.9. The standard InChI is InChI=1S/C12H14N6O2/c13-12-15-16-17-18(12)6-11(19)14-9-5-8-3-1-2-4-10(8)20-7-9/h1-4,9H,5-7H2,(H,14,19)(H2,13,15,17). The Hall–Kier alpha value is -2.64.